The third-order valence-electron chi connectivity index (χ3n) is 6.51. The van der Waals surface area contributed by atoms with E-state index in [0.29, 0.717) is 31.4 Å². The van der Waals surface area contributed by atoms with E-state index < -0.39 is 17.4 Å². The molecule has 2 atom stereocenters. The molecular weight excluding hydrogens is 461 g/mol. The largest absolute Gasteiger partial charge is 0.354 e. The van der Waals surface area contributed by atoms with Gasteiger partial charge in [0.25, 0.3) is 5.91 Å². The molecule has 36 heavy (non-hydrogen) atoms. The minimum atomic E-state index is -0.805. The second kappa shape index (κ2) is 10.1. The van der Waals surface area contributed by atoms with Crippen LogP contribution in [0.3, 0.4) is 0 Å². The lowest BCUT2D eigenvalue weighted by Gasteiger charge is -2.30. The standard InChI is InChI=1S/C27H32FN5O3/c1-27(2,3)24(26(36)29-14-18-13-22(34)32(4)15-18)30-25(35)23-20-7-5-6-8-21(20)33(31-23)16-17-9-11-19(28)12-10-17/h5-12,18,24H,13-16H2,1-4H3,(H,29,36)(H,30,35). The summed E-state index contributed by atoms with van der Waals surface area (Å²) in [6, 6.07) is 12.7. The van der Waals surface area contributed by atoms with Crippen LogP contribution in [0.15, 0.2) is 48.5 Å². The van der Waals surface area contributed by atoms with Gasteiger partial charge in [-0.25, -0.2) is 4.39 Å². The van der Waals surface area contributed by atoms with Crippen LogP contribution in [0.25, 0.3) is 10.9 Å². The first-order chi connectivity index (χ1) is 17.0. The van der Waals surface area contributed by atoms with Crippen molar-refractivity contribution in [1.82, 2.24) is 25.3 Å². The highest BCUT2D eigenvalue weighted by molar-refractivity contribution is 6.06. The molecule has 1 saturated heterocycles. The van der Waals surface area contributed by atoms with Gasteiger partial charge in [-0.15, -0.1) is 0 Å². The van der Waals surface area contributed by atoms with Crippen molar-refractivity contribution in [2.75, 3.05) is 20.1 Å². The van der Waals surface area contributed by atoms with E-state index in [9.17, 15) is 18.8 Å². The number of hydrogen-bond donors (Lipinski definition) is 2. The zero-order valence-electron chi connectivity index (χ0n) is 21.0. The third kappa shape index (κ3) is 5.56. The van der Waals surface area contributed by atoms with Gasteiger partial charge in [0.1, 0.15) is 11.9 Å². The maximum Gasteiger partial charge on any atom is 0.273 e. The second-order valence-electron chi connectivity index (χ2n) is 10.5. The van der Waals surface area contributed by atoms with Gasteiger partial charge in [-0.2, -0.15) is 5.10 Å². The molecular formula is C27H32FN5O3. The molecule has 0 saturated carbocycles. The van der Waals surface area contributed by atoms with Crippen LogP contribution in [0, 0.1) is 17.2 Å². The van der Waals surface area contributed by atoms with Crippen molar-refractivity contribution in [1.29, 1.82) is 0 Å². The Hall–Kier alpha value is -3.75. The number of hydrogen-bond acceptors (Lipinski definition) is 4. The van der Waals surface area contributed by atoms with Gasteiger partial charge >= 0.3 is 0 Å². The molecule has 190 valence electrons. The number of halogens is 1. The summed E-state index contributed by atoms with van der Waals surface area (Å²) >= 11 is 0. The van der Waals surface area contributed by atoms with Crippen molar-refractivity contribution in [3.63, 3.8) is 0 Å². The van der Waals surface area contributed by atoms with Crippen molar-refractivity contribution < 1.29 is 18.8 Å². The predicted octanol–water partition coefficient (Wildman–Crippen LogP) is 2.96. The van der Waals surface area contributed by atoms with E-state index >= 15 is 0 Å². The summed E-state index contributed by atoms with van der Waals surface area (Å²) in [7, 11) is 1.75. The predicted molar refractivity (Wildman–Crippen MR) is 135 cm³/mol. The zero-order valence-corrected chi connectivity index (χ0v) is 21.0. The Morgan fingerprint density at radius 2 is 1.83 bits per heavy atom. The average molecular weight is 494 g/mol. The first-order valence-electron chi connectivity index (χ1n) is 12.1. The van der Waals surface area contributed by atoms with E-state index in [2.05, 4.69) is 15.7 Å². The molecule has 0 spiro atoms. The monoisotopic (exact) mass is 493 g/mol. The molecule has 0 radical (unpaired) electrons. The molecule has 9 heteroatoms. The summed E-state index contributed by atoms with van der Waals surface area (Å²) in [5, 5.41) is 11.0. The van der Waals surface area contributed by atoms with Gasteiger partial charge < -0.3 is 15.5 Å². The Morgan fingerprint density at radius 3 is 2.47 bits per heavy atom. The fourth-order valence-electron chi connectivity index (χ4n) is 4.49. The zero-order chi connectivity index (χ0) is 26.0. The fourth-order valence-corrected chi connectivity index (χ4v) is 4.49. The Labute approximate surface area is 209 Å². The molecule has 1 aliphatic heterocycles. The molecule has 3 amide bonds. The summed E-state index contributed by atoms with van der Waals surface area (Å²) in [5.74, 6) is -0.947. The lowest BCUT2D eigenvalue weighted by Crippen LogP contribution is -2.54. The first-order valence-corrected chi connectivity index (χ1v) is 12.1. The number of fused-ring (bicyclic) bond motifs is 1. The summed E-state index contributed by atoms with van der Waals surface area (Å²) in [5.41, 5.74) is 1.27. The van der Waals surface area contributed by atoms with Crippen LogP contribution in [-0.2, 0) is 16.1 Å². The molecule has 2 N–H and O–H groups in total. The highest BCUT2D eigenvalue weighted by atomic mass is 19.1. The van der Waals surface area contributed by atoms with E-state index in [0.717, 1.165) is 11.1 Å². The highest BCUT2D eigenvalue weighted by Gasteiger charge is 2.35. The maximum atomic E-state index is 13.4. The molecule has 1 aliphatic rings. The van der Waals surface area contributed by atoms with Crippen LogP contribution < -0.4 is 10.6 Å². The molecule has 0 bridgehead atoms. The van der Waals surface area contributed by atoms with E-state index in [1.165, 1.54) is 12.1 Å². The number of carbonyl (C=O) groups excluding carboxylic acids is 3. The van der Waals surface area contributed by atoms with Gasteiger partial charge in [-0.1, -0.05) is 51.1 Å². The molecule has 4 rings (SSSR count). The van der Waals surface area contributed by atoms with Gasteiger partial charge in [0.2, 0.25) is 11.8 Å². The number of likely N-dealkylation sites (tertiary alicyclic amines) is 1. The van der Waals surface area contributed by atoms with Crippen molar-refractivity contribution in [2.45, 2.75) is 39.8 Å². The number of rotatable bonds is 7. The molecule has 2 unspecified atom stereocenters. The smallest absolute Gasteiger partial charge is 0.273 e. The minimum Gasteiger partial charge on any atom is -0.354 e. The van der Waals surface area contributed by atoms with Gasteiger partial charge in [0.15, 0.2) is 5.69 Å². The van der Waals surface area contributed by atoms with Crippen LogP contribution in [0.2, 0.25) is 0 Å². The Kier molecular flexibility index (Phi) is 7.10. The summed E-state index contributed by atoms with van der Waals surface area (Å²) < 4.78 is 15.0. The minimum absolute atomic E-state index is 0.0499. The number of nitrogens with zero attached hydrogens (tertiary/aromatic N) is 3. The topological polar surface area (TPSA) is 96.3 Å². The average Bonchev–Trinajstić information content (AvgIpc) is 3.36. The van der Waals surface area contributed by atoms with Gasteiger partial charge in [0.05, 0.1) is 12.1 Å². The maximum absolute atomic E-state index is 13.4. The number of para-hydroxylation sites is 1. The van der Waals surface area contributed by atoms with Gasteiger partial charge in [-0.3, -0.25) is 19.1 Å². The van der Waals surface area contributed by atoms with E-state index in [4.69, 9.17) is 0 Å². The molecule has 1 aromatic heterocycles. The van der Waals surface area contributed by atoms with Crippen molar-refractivity contribution in [3.05, 3.63) is 65.6 Å². The van der Waals surface area contributed by atoms with E-state index in [1.54, 1.807) is 28.8 Å². The number of amides is 3. The molecule has 2 aromatic carbocycles. The summed E-state index contributed by atoms with van der Waals surface area (Å²) in [4.78, 5) is 40.0. The normalized spacial score (nSPS) is 16.9. The van der Waals surface area contributed by atoms with E-state index in [1.807, 2.05) is 45.0 Å². The van der Waals surface area contributed by atoms with Crippen LogP contribution in [0.4, 0.5) is 4.39 Å². The molecule has 3 aromatic rings. The van der Waals surface area contributed by atoms with Gasteiger partial charge in [0, 0.05) is 37.9 Å². The van der Waals surface area contributed by atoms with Crippen LogP contribution in [0.1, 0.15) is 43.2 Å². The van der Waals surface area contributed by atoms with Gasteiger partial charge in [-0.05, 0) is 29.2 Å². The van der Waals surface area contributed by atoms with Crippen molar-refractivity contribution >= 4 is 28.6 Å². The Bertz CT molecular complexity index is 1280. The lowest BCUT2D eigenvalue weighted by molar-refractivity contribution is -0.127. The lowest BCUT2D eigenvalue weighted by atomic mass is 9.86. The number of benzene rings is 2. The van der Waals surface area contributed by atoms with E-state index in [-0.39, 0.29) is 29.2 Å². The number of nitrogens with one attached hydrogen (secondary N) is 2. The second-order valence-corrected chi connectivity index (χ2v) is 10.5. The quantitative estimate of drug-likeness (QED) is 0.529. The Balaban J connectivity index is 1.53. The van der Waals surface area contributed by atoms with Crippen LogP contribution >= 0.6 is 0 Å². The molecule has 8 nitrogen and oxygen atoms in total. The van der Waals surface area contributed by atoms with Crippen LogP contribution in [0.5, 0.6) is 0 Å². The van der Waals surface area contributed by atoms with Crippen molar-refractivity contribution in [2.24, 2.45) is 11.3 Å². The highest BCUT2D eigenvalue weighted by Crippen LogP contribution is 2.23. The SMILES string of the molecule is CN1CC(CNC(=O)C(NC(=O)c2nn(Cc3ccc(F)cc3)c3ccccc23)C(C)(C)C)CC1=O. The third-order valence-corrected chi connectivity index (χ3v) is 6.51. The number of aromatic nitrogens is 2. The molecule has 0 aliphatic carbocycles. The fraction of sp³-hybridized carbons (Fsp3) is 0.407. The molecule has 2 heterocycles. The molecule has 1 fully saturated rings. The Morgan fingerprint density at radius 1 is 1.14 bits per heavy atom. The first kappa shape index (κ1) is 25.3. The van der Waals surface area contributed by atoms with Crippen LogP contribution in [-0.4, -0.2) is 58.6 Å². The number of carbonyl (C=O) groups is 3. The van der Waals surface area contributed by atoms with Crippen molar-refractivity contribution in [3.8, 4) is 0 Å². The summed E-state index contributed by atoms with van der Waals surface area (Å²) in [6.07, 6.45) is 0.404. The summed E-state index contributed by atoms with van der Waals surface area (Å²) in [6.45, 7) is 6.99.